The molecule has 1 aromatic carbocycles. The molecule has 3 heterocycles. The maximum absolute atomic E-state index is 14.1. The SMILES string of the molecule is NC(=O)c1nsc(C(=O)N(Cc2cccs2)[C@@H](C(=O)NC2CCCCC2)c2c[nH]c3ccccc23)c1N. The molecule has 11 heteroatoms. The minimum Gasteiger partial charge on any atom is -0.395 e. The molecule has 3 amide bonds. The standard InChI is InChI=1S/C26H28N6O3S2/c27-20-21(24(28)33)31-37-23(20)26(35)32(14-16-9-6-12-36-16)22(25(34)30-15-7-2-1-3-8-15)18-13-29-19-11-5-4-10-17(18)19/h4-6,9-13,15,22,29H,1-3,7-8,14,27H2,(H2,28,33)(H,30,34)/t22-/m1/s1. The molecule has 9 nitrogen and oxygen atoms in total. The summed E-state index contributed by atoms with van der Waals surface area (Å²) in [6.45, 7) is 0.183. The lowest BCUT2D eigenvalue weighted by atomic mass is 9.94. The van der Waals surface area contributed by atoms with Crippen LogP contribution in [0.3, 0.4) is 0 Å². The number of primary amides is 1. The van der Waals surface area contributed by atoms with E-state index in [2.05, 4.69) is 14.7 Å². The molecule has 5 rings (SSSR count). The van der Waals surface area contributed by atoms with Crippen molar-refractivity contribution >= 4 is 57.2 Å². The number of carbonyl (C=O) groups excluding carboxylic acids is 3. The molecule has 192 valence electrons. The van der Waals surface area contributed by atoms with Crippen LogP contribution in [0.2, 0.25) is 0 Å². The molecule has 0 radical (unpaired) electrons. The van der Waals surface area contributed by atoms with Crippen LogP contribution in [0.15, 0.2) is 48.0 Å². The first-order valence-corrected chi connectivity index (χ1v) is 13.8. The van der Waals surface area contributed by atoms with Gasteiger partial charge < -0.3 is 26.7 Å². The Kier molecular flexibility index (Phi) is 7.24. The fraction of sp³-hybridized carbons (Fsp3) is 0.308. The van der Waals surface area contributed by atoms with Crippen molar-refractivity contribution in [3.05, 3.63) is 69.0 Å². The van der Waals surface area contributed by atoms with Gasteiger partial charge >= 0.3 is 0 Å². The van der Waals surface area contributed by atoms with Crippen LogP contribution in [0.4, 0.5) is 5.69 Å². The number of para-hydroxylation sites is 1. The molecule has 1 aliphatic carbocycles. The smallest absolute Gasteiger partial charge is 0.270 e. The second-order valence-corrected chi connectivity index (χ2v) is 11.0. The van der Waals surface area contributed by atoms with Gasteiger partial charge in [-0.15, -0.1) is 11.3 Å². The number of anilines is 1. The summed E-state index contributed by atoms with van der Waals surface area (Å²) in [5, 5.41) is 5.99. The van der Waals surface area contributed by atoms with Gasteiger partial charge in [0, 0.05) is 33.6 Å². The lowest BCUT2D eigenvalue weighted by molar-refractivity contribution is -0.127. The van der Waals surface area contributed by atoms with E-state index >= 15 is 0 Å². The van der Waals surface area contributed by atoms with Crippen molar-refractivity contribution in [3.8, 4) is 0 Å². The topological polar surface area (TPSA) is 147 Å². The highest BCUT2D eigenvalue weighted by Gasteiger charge is 2.37. The normalized spacial score (nSPS) is 14.9. The van der Waals surface area contributed by atoms with Gasteiger partial charge in [0.05, 0.1) is 12.2 Å². The molecule has 1 fully saturated rings. The number of nitrogen functional groups attached to an aromatic ring is 1. The number of benzene rings is 1. The van der Waals surface area contributed by atoms with Crippen LogP contribution in [0, 0.1) is 0 Å². The molecule has 0 aliphatic heterocycles. The van der Waals surface area contributed by atoms with Gasteiger partial charge in [-0.2, -0.15) is 4.37 Å². The average Bonchev–Trinajstić information content (AvgIpc) is 3.64. The zero-order valence-corrected chi connectivity index (χ0v) is 21.7. The first kappa shape index (κ1) is 25.0. The molecule has 37 heavy (non-hydrogen) atoms. The molecule has 6 N–H and O–H groups in total. The van der Waals surface area contributed by atoms with Gasteiger partial charge in [0.25, 0.3) is 11.8 Å². The molecule has 4 aromatic rings. The van der Waals surface area contributed by atoms with Gasteiger partial charge in [-0.05, 0) is 41.9 Å². The highest BCUT2D eigenvalue weighted by atomic mass is 32.1. The van der Waals surface area contributed by atoms with Gasteiger partial charge in [0.15, 0.2) is 5.69 Å². The third kappa shape index (κ3) is 5.09. The predicted molar refractivity (Wildman–Crippen MR) is 145 cm³/mol. The molecule has 0 saturated heterocycles. The minimum atomic E-state index is -0.939. The molecule has 0 spiro atoms. The summed E-state index contributed by atoms with van der Waals surface area (Å²) < 4.78 is 4.02. The molecule has 1 atom stereocenters. The van der Waals surface area contributed by atoms with E-state index in [1.807, 2.05) is 41.8 Å². The third-order valence-electron chi connectivity index (χ3n) is 6.75. The van der Waals surface area contributed by atoms with E-state index in [9.17, 15) is 14.4 Å². The second kappa shape index (κ2) is 10.7. The number of thiophene rings is 1. The van der Waals surface area contributed by atoms with Gasteiger partial charge in [-0.1, -0.05) is 43.5 Å². The van der Waals surface area contributed by atoms with Crippen LogP contribution in [0.25, 0.3) is 10.9 Å². The summed E-state index contributed by atoms with van der Waals surface area (Å²) in [6.07, 6.45) is 6.90. The quantitative estimate of drug-likeness (QED) is 0.266. The highest BCUT2D eigenvalue weighted by Crippen LogP contribution is 2.34. The summed E-state index contributed by atoms with van der Waals surface area (Å²) in [6, 6.07) is 10.6. The van der Waals surface area contributed by atoms with Crippen molar-refractivity contribution in [1.82, 2.24) is 19.6 Å². The zero-order valence-electron chi connectivity index (χ0n) is 20.1. The molecule has 1 aliphatic rings. The van der Waals surface area contributed by atoms with Crippen LogP contribution in [0.1, 0.15) is 68.7 Å². The molecule has 0 bridgehead atoms. The van der Waals surface area contributed by atoms with Crippen LogP contribution < -0.4 is 16.8 Å². The van der Waals surface area contributed by atoms with Crippen molar-refractivity contribution in [1.29, 1.82) is 0 Å². The number of fused-ring (bicyclic) bond motifs is 1. The van der Waals surface area contributed by atoms with Crippen LogP contribution in [-0.2, 0) is 11.3 Å². The van der Waals surface area contributed by atoms with E-state index < -0.39 is 17.9 Å². The first-order chi connectivity index (χ1) is 17.9. The molecular weight excluding hydrogens is 508 g/mol. The van der Waals surface area contributed by atoms with Crippen LogP contribution in [-0.4, -0.2) is 38.0 Å². The van der Waals surface area contributed by atoms with Gasteiger partial charge in [0.1, 0.15) is 10.9 Å². The first-order valence-electron chi connectivity index (χ1n) is 12.2. The van der Waals surface area contributed by atoms with Crippen molar-refractivity contribution in [2.24, 2.45) is 5.73 Å². The fourth-order valence-electron chi connectivity index (χ4n) is 4.91. The summed E-state index contributed by atoms with van der Waals surface area (Å²) in [5.74, 6) is -1.54. The zero-order chi connectivity index (χ0) is 25.9. The van der Waals surface area contributed by atoms with E-state index in [0.717, 1.165) is 59.4 Å². The number of nitrogens with zero attached hydrogens (tertiary/aromatic N) is 2. The highest BCUT2D eigenvalue weighted by molar-refractivity contribution is 7.10. The van der Waals surface area contributed by atoms with Gasteiger partial charge in [-0.3, -0.25) is 14.4 Å². The summed E-state index contributed by atoms with van der Waals surface area (Å²) in [7, 11) is 0. The van der Waals surface area contributed by atoms with E-state index in [-0.39, 0.29) is 34.8 Å². The molecule has 0 unspecified atom stereocenters. The number of amides is 3. The summed E-state index contributed by atoms with van der Waals surface area (Å²) >= 11 is 2.31. The molecule has 3 aromatic heterocycles. The lowest BCUT2D eigenvalue weighted by Crippen LogP contribution is -2.46. The van der Waals surface area contributed by atoms with Gasteiger partial charge in [-0.25, -0.2) is 0 Å². The number of carbonyl (C=O) groups is 3. The van der Waals surface area contributed by atoms with Crippen LogP contribution in [0.5, 0.6) is 0 Å². The minimum absolute atomic E-state index is 0.0579. The Labute approximate surface area is 222 Å². The Morgan fingerprint density at radius 1 is 1.14 bits per heavy atom. The lowest BCUT2D eigenvalue weighted by Gasteiger charge is -2.32. The fourth-order valence-corrected chi connectivity index (χ4v) is 6.37. The number of nitrogens with one attached hydrogen (secondary N) is 2. The number of H-pyrrole nitrogens is 1. The summed E-state index contributed by atoms with van der Waals surface area (Å²) in [4.78, 5) is 45.6. The number of rotatable bonds is 8. The van der Waals surface area contributed by atoms with Gasteiger partial charge in [0.2, 0.25) is 5.91 Å². The Hall–Kier alpha value is -3.70. The van der Waals surface area contributed by atoms with E-state index in [1.54, 1.807) is 6.20 Å². The Bertz CT molecular complexity index is 1420. The van der Waals surface area contributed by atoms with Crippen LogP contribution >= 0.6 is 22.9 Å². The van der Waals surface area contributed by atoms with E-state index in [4.69, 9.17) is 11.5 Å². The molecular formula is C26H28N6O3S2. The summed E-state index contributed by atoms with van der Waals surface area (Å²) in [5.41, 5.74) is 12.9. The average molecular weight is 537 g/mol. The van der Waals surface area contributed by atoms with Crippen molar-refractivity contribution in [3.63, 3.8) is 0 Å². The number of aromatic nitrogens is 2. The number of hydrogen-bond acceptors (Lipinski definition) is 7. The van der Waals surface area contributed by atoms with Crippen molar-refractivity contribution in [2.45, 2.75) is 50.7 Å². The largest absolute Gasteiger partial charge is 0.395 e. The number of nitrogens with two attached hydrogens (primary N) is 2. The predicted octanol–water partition coefficient (Wildman–Crippen LogP) is 4.20. The Morgan fingerprint density at radius 3 is 2.62 bits per heavy atom. The maximum atomic E-state index is 14.1. The van der Waals surface area contributed by atoms with Crippen molar-refractivity contribution < 1.29 is 14.4 Å². The van der Waals surface area contributed by atoms with E-state index in [1.165, 1.54) is 16.2 Å². The van der Waals surface area contributed by atoms with E-state index in [0.29, 0.717) is 5.56 Å². The second-order valence-electron chi connectivity index (χ2n) is 9.19. The maximum Gasteiger partial charge on any atom is 0.270 e. The number of hydrogen-bond donors (Lipinski definition) is 4. The van der Waals surface area contributed by atoms with Crippen molar-refractivity contribution in [2.75, 3.05) is 5.73 Å². The monoisotopic (exact) mass is 536 g/mol. The number of aromatic amines is 1. The Balaban J connectivity index is 1.61. The third-order valence-corrected chi connectivity index (χ3v) is 8.46. The Morgan fingerprint density at radius 2 is 1.92 bits per heavy atom. The molecule has 1 saturated carbocycles.